The van der Waals surface area contributed by atoms with Gasteiger partial charge in [0, 0.05) is 0 Å². The van der Waals surface area contributed by atoms with E-state index in [1.165, 1.54) is 0 Å². The molecular weight excluding hydrogens is 248 g/mol. The Morgan fingerprint density at radius 1 is 1.56 bits per heavy atom. The number of carboxylic acids is 1. The van der Waals surface area contributed by atoms with Gasteiger partial charge in [-0.2, -0.15) is 11.8 Å². The van der Waals surface area contributed by atoms with Gasteiger partial charge in [-0.25, -0.2) is 8.42 Å². The van der Waals surface area contributed by atoms with Gasteiger partial charge in [0.1, 0.15) is 0 Å². The van der Waals surface area contributed by atoms with Gasteiger partial charge in [-0.15, -0.1) is 0 Å². The molecule has 2 unspecified atom stereocenters. The summed E-state index contributed by atoms with van der Waals surface area (Å²) in [7, 11) is -2.97. The van der Waals surface area contributed by atoms with Gasteiger partial charge in [-0.05, 0) is 30.3 Å². The third-order valence-electron chi connectivity index (χ3n) is 2.93. The molecule has 2 atom stereocenters. The molecule has 0 aromatic rings. The average molecular weight is 266 g/mol. The van der Waals surface area contributed by atoms with E-state index in [4.69, 9.17) is 5.11 Å². The molecule has 1 N–H and O–H groups in total. The summed E-state index contributed by atoms with van der Waals surface area (Å²) in [6.45, 7) is 2.03. The molecule has 1 aliphatic heterocycles. The highest BCUT2D eigenvalue weighted by Crippen LogP contribution is 2.29. The summed E-state index contributed by atoms with van der Waals surface area (Å²) in [4.78, 5) is 11.1. The molecule has 0 bridgehead atoms. The summed E-state index contributed by atoms with van der Waals surface area (Å²) in [5.41, 5.74) is 0. The zero-order chi connectivity index (χ0) is 12.2. The second-order valence-electron chi connectivity index (χ2n) is 4.09. The Kier molecular flexibility index (Phi) is 5.11. The smallest absolute Gasteiger partial charge is 0.306 e. The summed E-state index contributed by atoms with van der Waals surface area (Å²) >= 11 is 1.70. The van der Waals surface area contributed by atoms with E-state index in [1.54, 1.807) is 11.8 Å². The molecule has 0 aliphatic carbocycles. The maximum atomic E-state index is 11.3. The normalized spacial score (nSPS) is 25.4. The van der Waals surface area contributed by atoms with Crippen LogP contribution in [-0.2, 0) is 14.6 Å². The molecule has 1 rings (SSSR count). The van der Waals surface area contributed by atoms with Crippen LogP contribution in [0.5, 0.6) is 0 Å². The Balaban J connectivity index is 2.54. The molecule has 1 heterocycles. The van der Waals surface area contributed by atoms with Crippen LogP contribution in [0.2, 0.25) is 0 Å². The first kappa shape index (κ1) is 13.8. The van der Waals surface area contributed by atoms with E-state index in [0.29, 0.717) is 12.8 Å². The Labute approximate surface area is 101 Å². The number of thioether (sulfide) groups is 1. The topological polar surface area (TPSA) is 71.4 Å². The van der Waals surface area contributed by atoms with Gasteiger partial charge >= 0.3 is 5.97 Å². The van der Waals surface area contributed by atoms with Crippen molar-refractivity contribution in [1.82, 2.24) is 0 Å². The summed E-state index contributed by atoms with van der Waals surface area (Å²) < 4.78 is 22.6. The Hall–Kier alpha value is -0.230. The van der Waals surface area contributed by atoms with Crippen LogP contribution in [-0.4, -0.2) is 42.5 Å². The number of carbonyl (C=O) groups is 1. The van der Waals surface area contributed by atoms with E-state index >= 15 is 0 Å². The summed E-state index contributed by atoms with van der Waals surface area (Å²) in [5, 5.41) is 9.10. The first-order valence-corrected chi connectivity index (χ1v) is 8.45. The van der Waals surface area contributed by atoms with Crippen LogP contribution in [0, 0.1) is 11.8 Å². The van der Waals surface area contributed by atoms with Crippen molar-refractivity contribution in [3.63, 3.8) is 0 Å². The number of rotatable bonds is 6. The van der Waals surface area contributed by atoms with Crippen LogP contribution < -0.4 is 0 Å². The van der Waals surface area contributed by atoms with Crippen molar-refractivity contribution in [1.29, 1.82) is 0 Å². The van der Waals surface area contributed by atoms with Crippen molar-refractivity contribution in [2.45, 2.75) is 19.8 Å². The molecule has 0 aromatic carbocycles. The molecule has 1 saturated heterocycles. The quantitative estimate of drug-likeness (QED) is 0.733. The average Bonchev–Trinajstić information content (AvgIpc) is 2.53. The molecule has 94 valence electrons. The molecule has 0 aromatic heterocycles. The van der Waals surface area contributed by atoms with Gasteiger partial charge < -0.3 is 5.11 Å². The maximum absolute atomic E-state index is 11.3. The summed E-state index contributed by atoms with van der Waals surface area (Å²) in [5.74, 6) is 0.456. The first-order chi connectivity index (χ1) is 7.46. The second-order valence-corrected chi connectivity index (χ2v) is 7.72. The van der Waals surface area contributed by atoms with Crippen molar-refractivity contribution in [3.05, 3.63) is 0 Å². The fourth-order valence-electron chi connectivity index (χ4n) is 2.06. The Morgan fingerprint density at radius 2 is 2.25 bits per heavy atom. The second kappa shape index (κ2) is 5.91. The molecule has 0 saturated carbocycles. The predicted octanol–water partition coefficient (Wildman–Crippen LogP) is 1.27. The zero-order valence-electron chi connectivity index (χ0n) is 9.39. The van der Waals surface area contributed by atoms with Gasteiger partial charge in [-0.1, -0.05) is 6.92 Å². The van der Waals surface area contributed by atoms with E-state index in [0.717, 1.165) is 11.5 Å². The van der Waals surface area contributed by atoms with Crippen LogP contribution in [0.1, 0.15) is 19.8 Å². The molecule has 0 amide bonds. The predicted molar refractivity (Wildman–Crippen MR) is 65.5 cm³/mol. The van der Waals surface area contributed by atoms with Crippen LogP contribution in [0.15, 0.2) is 0 Å². The molecule has 4 nitrogen and oxygen atoms in total. The molecule has 6 heteroatoms. The number of hydrogen-bond acceptors (Lipinski definition) is 4. The number of carboxylic acid groups (broad SMARTS) is 1. The molecule has 16 heavy (non-hydrogen) atoms. The summed E-state index contributed by atoms with van der Waals surface area (Å²) in [6, 6.07) is 0. The molecule has 0 spiro atoms. The first-order valence-electron chi connectivity index (χ1n) is 5.47. The van der Waals surface area contributed by atoms with Gasteiger partial charge in [0.2, 0.25) is 0 Å². The third-order valence-corrected chi connectivity index (χ3v) is 5.66. The van der Waals surface area contributed by atoms with Gasteiger partial charge in [0.15, 0.2) is 9.84 Å². The number of hydrogen-bond donors (Lipinski definition) is 1. The van der Waals surface area contributed by atoms with Gasteiger partial charge in [-0.3, -0.25) is 4.79 Å². The largest absolute Gasteiger partial charge is 0.481 e. The van der Waals surface area contributed by atoms with E-state index in [9.17, 15) is 13.2 Å². The SMILES string of the molecule is CCSCCC(C(=O)O)C1CCS(=O)(=O)C1. The molecule has 0 radical (unpaired) electrons. The van der Waals surface area contributed by atoms with Crippen molar-refractivity contribution in [2.24, 2.45) is 11.8 Å². The van der Waals surface area contributed by atoms with Crippen molar-refractivity contribution < 1.29 is 18.3 Å². The minimum absolute atomic E-state index is 0.0563. The lowest BCUT2D eigenvalue weighted by molar-refractivity contribution is -0.143. The van der Waals surface area contributed by atoms with E-state index in [2.05, 4.69) is 0 Å². The minimum Gasteiger partial charge on any atom is -0.481 e. The Morgan fingerprint density at radius 3 is 2.69 bits per heavy atom. The molecule has 1 fully saturated rings. The van der Waals surface area contributed by atoms with Gasteiger partial charge in [0.25, 0.3) is 0 Å². The molecule has 1 aliphatic rings. The summed E-state index contributed by atoms with van der Waals surface area (Å²) in [6.07, 6.45) is 1.09. The van der Waals surface area contributed by atoms with Crippen molar-refractivity contribution in [2.75, 3.05) is 23.0 Å². The highest BCUT2D eigenvalue weighted by atomic mass is 32.2. The number of aliphatic carboxylic acids is 1. The minimum atomic E-state index is -2.97. The fourth-order valence-corrected chi connectivity index (χ4v) is 4.65. The van der Waals surface area contributed by atoms with E-state index < -0.39 is 21.7 Å². The van der Waals surface area contributed by atoms with Crippen LogP contribution >= 0.6 is 11.8 Å². The van der Waals surface area contributed by atoms with Crippen LogP contribution in [0.3, 0.4) is 0 Å². The van der Waals surface area contributed by atoms with Crippen molar-refractivity contribution >= 4 is 27.6 Å². The van der Waals surface area contributed by atoms with E-state index in [1.807, 2.05) is 6.92 Å². The zero-order valence-corrected chi connectivity index (χ0v) is 11.0. The lowest BCUT2D eigenvalue weighted by Crippen LogP contribution is -2.25. The third kappa shape index (κ3) is 3.97. The lowest BCUT2D eigenvalue weighted by Gasteiger charge is -2.17. The lowest BCUT2D eigenvalue weighted by atomic mass is 9.90. The number of sulfone groups is 1. The van der Waals surface area contributed by atoms with Crippen molar-refractivity contribution in [3.8, 4) is 0 Å². The highest BCUT2D eigenvalue weighted by Gasteiger charge is 2.36. The highest BCUT2D eigenvalue weighted by molar-refractivity contribution is 7.99. The molecular formula is C10H18O4S2. The Bertz CT molecular complexity index is 337. The standard InChI is InChI=1S/C10H18O4S2/c1-2-15-5-3-9(10(11)12)8-4-6-16(13,14)7-8/h8-9H,2-7H2,1H3,(H,11,12). The fraction of sp³-hybridized carbons (Fsp3) is 0.900. The maximum Gasteiger partial charge on any atom is 0.306 e. The van der Waals surface area contributed by atoms with Crippen LogP contribution in [0.25, 0.3) is 0 Å². The van der Waals surface area contributed by atoms with Crippen LogP contribution in [0.4, 0.5) is 0 Å². The van der Waals surface area contributed by atoms with E-state index in [-0.39, 0.29) is 17.4 Å². The van der Waals surface area contributed by atoms with Gasteiger partial charge in [0.05, 0.1) is 17.4 Å². The monoisotopic (exact) mass is 266 g/mol.